The molecule has 1 N–H and O–H groups in total. The molecule has 0 aromatic carbocycles. The van der Waals surface area contributed by atoms with E-state index >= 15 is 0 Å². The first kappa shape index (κ1) is 15.0. The minimum absolute atomic E-state index is 0.145. The standard InChI is InChI=1S/C6H13NO.C5H12/c1-3-4-5-6(8)7-2;1-3-5-4-2/h3-5H2,1-2H3,(H,7,8);3-5H2,1-2H3. The topological polar surface area (TPSA) is 29.1 Å². The average molecular weight is 187 g/mol. The summed E-state index contributed by atoms with van der Waals surface area (Å²) in [5, 5.41) is 2.56. The highest BCUT2D eigenvalue weighted by Crippen LogP contribution is 1.91. The number of carbonyl (C=O) groups is 1. The van der Waals surface area contributed by atoms with Gasteiger partial charge >= 0.3 is 0 Å². The first-order valence-electron chi connectivity index (χ1n) is 5.43. The van der Waals surface area contributed by atoms with Crippen molar-refractivity contribution in [2.75, 3.05) is 7.05 Å². The van der Waals surface area contributed by atoms with Crippen molar-refractivity contribution in [3.05, 3.63) is 0 Å². The summed E-state index contributed by atoms with van der Waals surface area (Å²) in [4.78, 5) is 10.5. The SMILES string of the molecule is CCCCC.CCCCC(=O)NC. The highest BCUT2D eigenvalue weighted by atomic mass is 16.1. The molecule has 0 bridgehead atoms. The lowest BCUT2D eigenvalue weighted by Crippen LogP contribution is -2.16. The Hall–Kier alpha value is -0.530. The van der Waals surface area contributed by atoms with Crippen LogP contribution in [-0.4, -0.2) is 13.0 Å². The van der Waals surface area contributed by atoms with Gasteiger partial charge in [-0.3, -0.25) is 4.79 Å². The van der Waals surface area contributed by atoms with Crippen LogP contribution in [-0.2, 0) is 4.79 Å². The number of hydrogen-bond donors (Lipinski definition) is 1. The third-order valence-electron chi connectivity index (χ3n) is 1.74. The van der Waals surface area contributed by atoms with Gasteiger partial charge < -0.3 is 5.32 Å². The fourth-order valence-electron chi connectivity index (χ4n) is 0.816. The van der Waals surface area contributed by atoms with Gasteiger partial charge in [-0.05, 0) is 6.42 Å². The second kappa shape index (κ2) is 14.0. The highest BCUT2D eigenvalue weighted by molar-refractivity contribution is 5.75. The molecule has 0 aliphatic carbocycles. The Kier molecular flexibility index (Phi) is 16.1. The Balaban J connectivity index is 0. The van der Waals surface area contributed by atoms with Crippen molar-refractivity contribution in [2.45, 2.75) is 59.3 Å². The van der Waals surface area contributed by atoms with Gasteiger partial charge in [0.1, 0.15) is 0 Å². The Morgan fingerprint density at radius 3 is 1.69 bits per heavy atom. The normalized spacial score (nSPS) is 8.62. The van der Waals surface area contributed by atoms with Gasteiger partial charge in [0, 0.05) is 13.5 Å². The third kappa shape index (κ3) is 18.4. The molecule has 13 heavy (non-hydrogen) atoms. The van der Waals surface area contributed by atoms with Crippen molar-refractivity contribution in [1.82, 2.24) is 5.32 Å². The minimum Gasteiger partial charge on any atom is -0.359 e. The van der Waals surface area contributed by atoms with Crippen LogP contribution in [0.25, 0.3) is 0 Å². The lowest BCUT2D eigenvalue weighted by Gasteiger charge is -1.94. The molecule has 0 saturated carbocycles. The molecule has 0 aromatic heterocycles. The molecule has 0 atom stereocenters. The van der Waals surface area contributed by atoms with Gasteiger partial charge in [0.25, 0.3) is 0 Å². The number of unbranched alkanes of at least 4 members (excludes halogenated alkanes) is 3. The van der Waals surface area contributed by atoms with Crippen LogP contribution in [0.2, 0.25) is 0 Å². The molecule has 0 aliphatic rings. The first-order valence-corrected chi connectivity index (χ1v) is 5.43. The summed E-state index contributed by atoms with van der Waals surface area (Å²) in [6, 6.07) is 0. The van der Waals surface area contributed by atoms with E-state index in [2.05, 4.69) is 26.1 Å². The molecule has 0 saturated heterocycles. The summed E-state index contributed by atoms with van der Waals surface area (Å²) in [5.74, 6) is 0.145. The lowest BCUT2D eigenvalue weighted by atomic mass is 10.2. The van der Waals surface area contributed by atoms with Crippen molar-refractivity contribution in [3.8, 4) is 0 Å². The molecule has 0 fully saturated rings. The largest absolute Gasteiger partial charge is 0.359 e. The van der Waals surface area contributed by atoms with Gasteiger partial charge in [-0.25, -0.2) is 0 Å². The maximum atomic E-state index is 10.5. The van der Waals surface area contributed by atoms with Gasteiger partial charge in [0.05, 0.1) is 0 Å². The van der Waals surface area contributed by atoms with E-state index < -0.39 is 0 Å². The minimum atomic E-state index is 0.145. The Bertz CT molecular complexity index is 100. The zero-order chi connectivity index (χ0) is 10.5. The first-order chi connectivity index (χ1) is 6.22. The monoisotopic (exact) mass is 187 g/mol. The van der Waals surface area contributed by atoms with Crippen molar-refractivity contribution >= 4 is 5.91 Å². The van der Waals surface area contributed by atoms with Crippen molar-refractivity contribution < 1.29 is 4.79 Å². The Morgan fingerprint density at radius 2 is 1.46 bits per heavy atom. The molecule has 0 aliphatic heterocycles. The number of nitrogens with one attached hydrogen (secondary N) is 1. The van der Waals surface area contributed by atoms with E-state index in [4.69, 9.17) is 0 Å². The van der Waals surface area contributed by atoms with Crippen molar-refractivity contribution in [2.24, 2.45) is 0 Å². The highest BCUT2D eigenvalue weighted by Gasteiger charge is 1.92. The maximum Gasteiger partial charge on any atom is 0.219 e. The van der Waals surface area contributed by atoms with Crippen LogP contribution in [0.1, 0.15) is 59.3 Å². The van der Waals surface area contributed by atoms with E-state index in [0.29, 0.717) is 6.42 Å². The van der Waals surface area contributed by atoms with Crippen LogP contribution in [0.3, 0.4) is 0 Å². The summed E-state index contributed by atoms with van der Waals surface area (Å²) in [6.45, 7) is 6.50. The molecule has 0 aromatic rings. The molecular formula is C11H25NO. The summed E-state index contributed by atoms with van der Waals surface area (Å²) in [7, 11) is 1.66. The van der Waals surface area contributed by atoms with Gasteiger partial charge in [-0.1, -0.05) is 46.5 Å². The van der Waals surface area contributed by atoms with E-state index in [0.717, 1.165) is 12.8 Å². The Morgan fingerprint density at radius 1 is 1.00 bits per heavy atom. The fraction of sp³-hybridized carbons (Fsp3) is 0.909. The molecule has 1 amide bonds. The third-order valence-corrected chi connectivity index (χ3v) is 1.74. The van der Waals surface area contributed by atoms with E-state index in [9.17, 15) is 4.79 Å². The van der Waals surface area contributed by atoms with Crippen LogP contribution < -0.4 is 5.32 Å². The molecule has 2 heteroatoms. The van der Waals surface area contributed by atoms with Gasteiger partial charge in [-0.2, -0.15) is 0 Å². The zero-order valence-electron chi connectivity index (χ0n) is 9.65. The molecule has 80 valence electrons. The van der Waals surface area contributed by atoms with Crippen molar-refractivity contribution in [1.29, 1.82) is 0 Å². The quantitative estimate of drug-likeness (QED) is 0.704. The number of rotatable bonds is 5. The Labute approximate surface area is 83.1 Å². The summed E-state index contributed by atoms with van der Waals surface area (Å²) < 4.78 is 0. The van der Waals surface area contributed by atoms with Crippen LogP contribution in [0.4, 0.5) is 0 Å². The van der Waals surface area contributed by atoms with Crippen LogP contribution in [0.5, 0.6) is 0 Å². The summed E-state index contributed by atoms with van der Waals surface area (Å²) in [5.41, 5.74) is 0. The molecule has 0 heterocycles. The van der Waals surface area contributed by atoms with E-state index in [1.807, 2.05) is 0 Å². The van der Waals surface area contributed by atoms with Crippen LogP contribution in [0.15, 0.2) is 0 Å². The molecule has 0 spiro atoms. The second-order valence-electron chi connectivity index (χ2n) is 3.13. The molecule has 2 nitrogen and oxygen atoms in total. The maximum absolute atomic E-state index is 10.5. The van der Waals surface area contributed by atoms with E-state index in [-0.39, 0.29) is 5.91 Å². The number of amides is 1. The lowest BCUT2D eigenvalue weighted by molar-refractivity contribution is -0.120. The van der Waals surface area contributed by atoms with E-state index in [1.165, 1.54) is 19.3 Å². The van der Waals surface area contributed by atoms with Crippen molar-refractivity contribution in [3.63, 3.8) is 0 Å². The van der Waals surface area contributed by atoms with Gasteiger partial charge in [-0.15, -0.1) is 0 Å². The molecule has 0 unspecified atom stereocenters. The average Bonchev–Trinajstić information content (AvgIpc) is 2.16. The molecular weight excluding hydrogens is 162 g/mol. The van der Waals surface area contributed by atoms with E-state index in [1.54, 1.807) is 7.05 Å². The van der Waals surface area contributed by atoms with Crippen LogP contribution in [0, 0.1) is 0 Å². The number of carbonyl (C=O) groups excluding carboxylic acids is 1. The predicted molar refractivity (Wildman–Crippen MR) is 58.8 cm³/mol. The van der Waals surface area contributed by atoms with Crippen LogP contribution >= 0.6 is 0 Å². The zero-order valence-corrected chi connectivity index (χ0v) is 9.65. The smallest absolute Gasteiger partial charge is 0.219 e. The van der Waals surface area contributed by atoms with Gasteiger partial charge in [0.15, 0.2) is 0 Å². The number of hydrogen-bond acceptors (Lipinski definition) is 1. The summed E-state index contributed by atoms with van der Waals surface area (Å²) in [6.07, 6.45) is 6.84. The second-order valence-corrected chi connectivity index (χ2v) is 3.13. The fourth-order valence-corrected chi connectivity index (χ4v) is 0.816. The molecule has 0 rings (SSSR count). The van der Waals surface area contributed by atoms with Gasteiger partial charge in [0.2, 0.25) is 5.91 Å². The summed E-state index contributed by atoms with van der Waals surface area (Å²) >= 11 is 0. The molecule has 0 radical (unpaired) electrons. The predicted octanol–water partition coefficient (Wildman–Crippen LogP) is 3.12.